The summed E-state index contributed by atoms with van der Waals surface area (Å²) in [5, 5.41) is 3.37. The van der Waals surface area contributed by atoms with E-state index in [-0.39, 0.29) is 11.9 Å². The lowest BCUT2D eigenvalue weighted by Gasteiger charge is -2.26. The molecule has 1 aromatic carbocycles. The van der Waals surface area contributed by atoms with Crippen molar-refractivity contribution < 1.29 is 13.9 Å². The topological polar surface area (TPSA) is 30.5 Å². The maximum absolute atomic E-state index is 13.7. The van der Waals surface area contributed by atoms with E-state index in [1.54, 1.807) is 18.2 Å². The molecule has 1 fully saturated rings. The van der Waals surface area contributed by atoms with Gasteiger partial charge in [0.25, 0.3) is 0 Å². The van der Waals surface area contributed by atoms with E-state index in [1.165, 1.54) is 13.2 Å². The molecule has 0 amide bonds. The molecule has 0 aromatic heterocycles. The standard InChI is InChI=1S/C14H18FNO2/c1-10-8-18-9-11(16-10)6-7-12-13(15)4-3-5-14(12)17-2/h3-7,10-11,16H,8-9H2,1-2H3/b7-6+. The monoisotopic (exact) mass is 251 g/mol. The first kappa shape index (κ1) is 13.1. The molecule has 2 rings (SSSR count). The molecular weight excluding hydrogens is 233 g/mol. The minimum atomic E-state index is -0.282. The molecule has 0 bridgehead atoms. The van der Waals surface area contributed by atoms with Crippen LogP contribution in [0.2, 0.25) is 0 Å². The van der Waals surface area contributed by atoms with E-state index < -0.39 is 0 Å². The molecule has 18 heavy (non-hydrogen) atoms. The van der Waals surface area contributed by atoms with Crippen LogP contribution in [0.4, 0.5) is 4.39 Å². The molecule has 0 aliphatic carbocycles. The van der Waals surface area contributed by atoms with E-state index in [0.717, 1.165) is 0 Å². The third-order valence-corrected chi connectivity index (χ3v) is 2.89. The van der Waals surface area contributed by atoms with Crippen LogP contribution in [0.5, 0.6) is 5.75 Å². The van der Waals surface area contributed by atoms with Crippen LogP contribution in [-0.4, -0.2) is 32.4 Å². The van der Waals surface area contributed by atoms with Gasteiger partial charge in [-0.25, -0.2) is 4.39 Å². The molecule has 1 aliphatic heterocycles. The number of nitrogens with one attached hydrogen (secondary N) is 1. The van der Waals surface area contributed by atoms with Gasteiger partial charge in [-0.05, 0) is 19.1 Å². The molecule has 1 N–H and O–H groups in total. The molecule has 3 nitrogen and oxygen atoms in total. The second kappa shape index (κ2) is 5.98. The summed E-state index contributed by atoms with van der Waals surface area (Å²) in [6.07, 6.45) is 3.66. The Morgan fingerprint density at radius 2 is 2.28 bits per heavy atom. The SMILES string of the molecule is COc1cccc(F)c1/C=C/C1COCC(C)N1. The number of hydrogen-bond donors (Lipinski definition) is 1. The Morgan fingerprint density at radius 1 is 1.44 bits per heavy atom. The van der Waals surface area contributed by atoms with E-state index in [9.17, 15) is 4.39 Å². The van der Waals surface area contributed by atoms with Gasteiger partial charge in [0.2, 0.25) is 0 Å². The van der Waals surface area contributed by atoms with Gasteiger partial charge >= 0.3 is 0 Å². The van der Waals surface area contributed by atoms with Crippen LogP contribution in [-0.2, 0) is 4.74 Å². The van der Waals surface area contributed by atoms with Gasteiger partial charge in [-0.3, -0.25) is 0 Å². The Bertz CT molecular complexity index is 434. The number of hydrogen-bond acceptors (Lipinski definition) is 3. The molecule has 1 heterocycles. The van der Waals surface area contributed by atoms with Crippen LogP contribution in [0.1, 0.15) is 12.5 Å². The summed E-state index contributed by atoms with van der Waals surface area (Å²) in [6.45, 7) is 3.38. The number of benzene rings is 1. The lowest BCUT2D eigenvalue weighted by atomic mass is 10.1. The van der Waals surface area contributed by atoms with Gasteiger partial charge in [-0.2, -0.15) is 0 Å². The predicted octanol–water partition coefficient (Wildman–Crippen LogP) is 2.22. The molecule has 1 aliphatic rings. The predicted molar refractivity (Wildman–Crippen MR) is 69.2 cm³/mol. The van der Waals surface area contributed by atoms with Crippen molar-refractivity contribution in [3.8, 4) is 5.75 Å². The molecule has 98 valence electrons. The van der Waals surface area contributed by atoms with Crippen molar-refractivity contribution in [1.82, 2.24) is 5.32 Å². The highest BCUT2D eigenvalue weighted by molar-refractivity contribution is 5.58. The summed E-state index contributed by atoms with van der Waals surface area (Å²) >= 11 is 0. The van der Waals surface area contributed by atoms with Crippen molar-refractivity contribution in [2.24, 2.45) is 0 Å². The first-order valence-corrected chi connectivity index (χ1v) is 6.05. The van der Waals surface area contributed by atoms with E-state index in [4.69, 9.17) is 9.47 Å². The molecule has 0 saturated carbocycles. The number of ether oxygens (including phenoxy) is 2. The molecule has 1 saturated heterocycles. The van der Waals surface area contributed by atoms with Gasteiger partial charge in [-0.1, -0.05) is 18.2 Å². The lowest BCUT2D eigenvalue weighted by Crippen LogP contribution is -2.46. The number of halogens is 1. The summed E-state index contributed by atoms with van der Waals surface area (Å²) in [5.74, 6) is 0.256. The maximum atomic E-state index is 13.7. The van der Waals surface area contributed by atoms with Crippen molar-refractivity contribution in [1.29, 1.82) is 0 Å². The average molecular weight is 251 g/mol. The van der Waals surface area contributed by atoms with Crippen LogP contribution >= 0.6 is 0 Å². The zero-order valence-electron chi connectivity index (χ0n) is 10.7. The minimum absolute atomic E-state index is 0.109. The molecule has 2 unspecified atom stereocenters. The molecule has 2 atom stereocenters. The highest BCUT2D eigenvalue weighted by atomic mass is 19.1. The van der Waals surface area contributed by atoms with Crippen molar-refractivity contribution in [2.45, 2.75) is 19.0 Å². The highest BCUT2D eigenvalue weighted by Gasteiger charge is 2.16. The third-order valence-electron chi connectivity index (χ3n) is 2.89. The Balaban J connectivity index is 2.13. The minimum Gasteiger partial charge on any atom is -0.496 e. The fourth-order valence-corrected chi connectivity index (χ4v) is 2.01. The number of methoxy groups -OCH3 is 1. The normalized spacial score (nSPS) is 24.4. The van der Waals surface area contributed by atoms with E-state index in [0.29, 0.717) is 30.6 Å². The van der Waals surface area contributed by atoms with Crippen LogP contribution in [0, 0.1) is 5.82 Å². The second-order valence-electron chi connectivity index (χ2n) is 4.43. The second-order valence-corrected chi connectivity index (χ2v) is 4.43. The summed E-state index contributed by atoms with van der Waals surface area (Å²) in [6, 6.07) is 5.23. The van der Waals surface area contributed by atoms with Gasteiger partial charge in [0.1, 0.15) is 11.6 Å². The van der Waals surface area contributed by atoms with Crippen molar-refractivity contribution >= 4 is 6.08 Å². The first-order valence-electron chi connectivity index (χ1n) is 6.05. The van der Waals surface area contributed by atoms with Crippen LogP contribution < -0.4 is 10.1 Å². The van der Waals surface area contributed by atoms with Crippen molar-refractivity contribution in [3.63, 3.8) is 0 Å². The molecule has 0 radical (unpaired) electrons. The van der Waals surface area contributed by atoms with Crippen molar-refractivity contribution in [3.05, 3.63) is 35.7 Å². The van der Waals surface area contributed by atoms with Crippen LogP contribution in [0.15, 0.2) is 24.3 Å². The number of morpholine rings is 1. The van der Waals surface area contributed by atoms with Gasteiger partial charge in [0.15, 0.2) is 0 Å². The Hall–Kier alpha value is -1.39. The van der Waals surface area contributed by atoms with Crippen molar-refractivity contribution in [2.75, 3.05) is 20.3 Å². The Morgan fingerprint density at radius 3 is 3.00 bits per heavy atom. The first-order chi connectivity index (χ1) is 8.70. The average Bonchev–Trinajstić information content (AvgIpc) is 2.37. The summed E-state index contributed by atoms with van der Waals surface area (Å²) in [7, 11) is 1.54. The van der Waals surface area contributed by atoms with Gasteiger partial charge in [-0.15, -0.1) is 0 Å². The van der Waals surface area contributed by atoms with E-state index in [2.05, 4.69) is 12.2 Å². The maximum Gasteiger partial charge on any atom is 0.134 e. The fraction of sp³-hybridized carbons (Fsp3) is 0.429. The van der Waals surface area contributed by atoms with Crippen LogP contribution in [0.25, 0.3) is 6.08 Å². The van der Waals surface area contributed by atoms with Gasteiger partial charge < -0.3 is 14.8 Å². The molecule has 1 aromatic rings. The molecule has 0 spiro atoms. The zero-order valence-corrected chi connectivity index (χ0v) is 10.7. The molecular formula is C14H18FNO2. The zero-order chi connectivity index (χ0) is 13.0. The van der Waals surface area contributed by atoms with E-state index >= 15 is 0 Å². The summed E-state index contributed by atoms with van der Waals surface area (Å²) < 4.78 is 24.3. The fourth-order valence-electron chi connectivity index (χ4n) is 2.01. The highest BCUT2D eigenvalue weighted by Crippen LogP contribution is 2.22. The van der Waals surface area contributed by atoms with Crippen LogP contribution in [0.3, 0.4) is 0 Å². The Labute approximate surface area is 107 Å². The summed E-state index contributed by atoms with van der Waals surface area (Å²) in [5.41, 5.74) is 0.472. The van der Waals surface area contributed by atoms with Gasteiger partial charge in [0.05, 0.1) is 25.9 Å². The molecule has 4 heteroatoms. The largest absolute Gasteiger partial charge is 0.496 e. The van der Waals surface area contributed by atoms with Gasteiger partial charge in [0, 0.05) is 12.1 Å². The summed E-state index contributed by atoms with van der Waals surface area (Å²) in [4.78, 5) is 0. The quantitative estimate of drug-likeness (QED) is 0.893. The smallest absolute Gasteiger partial charge is 0.134 e. The number of rotatable bonds is 3. The van der Waals surface area contributed by atoms with E-state index in [1.807, 2.05) is 6.08 Å². The third kappa shape index (κ3) is 3.09. The Kier molecular flexibility index (Phi) is 4.33. The lowest BCUT2D eigenvalue weighted by molar-refractivity contribution is 0.0637.